The van der Waals surface area contributed by atoms with Crippen LogP contribution in [0.1, 0.15) is 77.5 Å². The van der Waals surface area contributed by atoms with Gasteiger partial charge in [0.1, 0.15) is 11.9 Å². The number of benzene rings is 4. The van der Waals surface area contributed by atoms with Crippen LogP contribution < -0.4 is 4.74 Å². The summed E-state index contributed by atoms with van der Waals surface area (Å²) in [4.78, 5) is 25.3. The molecule has 0 amide bonds. The molecule has 0 fully saturated rings. The topological polar surface area (TPSA) is 52.6 Å². The molecule has 194 valence electrons. The molecule has 4 nitrogen and oxygen atoms in total. The van der Waals surface area contributed by atoms with Crippen LogP contribution in [-0.2, 0) is 11.2 Å². The fourth-order valence-corrected chi connectivity index (χ4v) is 4.32. The highest BCUT2D eigenvalue weighted by atomic mass is 16.5. The molecule has 4 rings (SSSR count). The van der Waals surface area contributed by atoms with Gasteiger partial charge in [0.15, 0.2) is 0 Å². The Balaban J connectivity index is 1.33. The minimum Gasteiger partial charge on any atom is -0.454 e. The quantitative estimate of drug-likeness (QED) is 0.116. The van der Waals surface area contributed by atoms with Gasteiger partial charge in [0.05, 0.1) is 11.1 Å². The number of rotatable bonds is 11. The van der Waals surface area contributed by atoms with Gasteiger partial charge in [0.2, 0.25) is 0 Å². The molecule has 0 heterocycles. The Morgan fingerprint density at radius 3 is 1.84 bits per heavy atom. The molecule has 0 bridgehead atoms. The standard InChI is InChI=1S/C34H34O4/c1-3-5-7-10-25-13-15-26(16-14-25)27-17-19-29(20-18-27)33(35)37-31-23-21-30(22-24-31)34(36)38-32(4-2)28-11-8-6-9-12-28/h6,8-9,11-24,32H,3-5,7,10H2,1-2H3. The van der Waals surface area contributed by atoms with Crippen LogP contribution in [0.5, 0.6) is 5.75 Å². The van der Waals surface area contributed by atoms with Crippen molar-refractivity contribution in [2.45, 2.75) is 52.1 Å². The molecule has 0 aliphatic heterocycles. The second-order valence-corrected chi connectivity index (χ2v) is 9.36. The van der Waals surface area contributed by atoms with Gasteiger partial charge in [-0.3, -0.25) is 0 Å². The van der Waals surface area contributed by atoms with E-state index >= 15 is 0 Å². The summed E-state index contributed by atoms with van der Waals surface area (Å²) in [5.74, 6) is -0.499. The maximum Gasteiger partial charge on any atom is 0.343 e. The minimum atomic E-state index is -0.451. The predicted octanol–water partition coefficient (Wildman–Crippen LogP) is 8.61. The van der Waals surface area contributed by atoms with Crippen LogP contribution in [0.25, 0.3) is 11.1 Å². The van der Waals surface area contributed by atoms with Crippen LogP contribution in [0.4, 0.5) is 0 Å². The zero-order valence-corrected chi connectivity index (χ0v) is 22.1. The van der Waals surface area contributed by atoms with E-state index in [1.807, 2.05) is 49.4 Å². The van der Waals surface area contributed by atoms with Gasteiger partial charge in [-0.15, -0.1) is 0 Å². The highest BCUT2D eigenvalue weighted by Gasteiger charge is 2.17. The van der Waals surface area contributed by atoms with Crippen molar-refractivity contribution in [3.63, 3.8) is 0 Å². The summed E-state index contributed by atoms with van der Waals surface area (Å²) in [6.07, 6.45) is 5.16. The van der Waals surface area contributed by atoms with Crippen molar-refractivity contribution in [1.82, 2.24) is 0 Å². The largest absolute Gasteiger partial charge is 0.454 e. The Morgan fingerprint density at radius 2 is 1.24 bits per heavy atom. The molecule has 1 atom stereocenters. The maximum absolute atomic E-state index is 12.7. The second-order valence-electron chi connectivity index (χ2n) is 9.36. The monoisotopic (exact) mass is 506 g/mol. The Labute approximate surface area is 225 Å². The number of esters is 2. The molecule has 0 aliphatic carbocycles. The van der Waals surface area contributed by atoms with Gasteiger partial charge in [-0.05, 0) is 77.9 Å². The van der Waals surface area contributed by atoms with Gasteiger partial charge in [-0.25, -0.2) is 9.59 Å². The van der Waals surface area contributed by atoms with E-state index in [1.165, 1.54) is 24.8 Å². The van der Waals surface area contributed by atoms with Crippen molar-refractivity contribution in [3.8, 4) is 16.9 Å². The molecule has 0 saturated heterocycles. The minimum absolute atomic E-state index is 0.312. The summed E-state index contributed by atoms with van der Waals surface area (Å²) in [5.41, 5.74) is 5.33. The fraction of sp³-hybridized carbons (Fsp3) is 0.235. The Bertz CT molecular complexity index is 1310. The Kier molecular flexibility index (Phi) is 9.47. The van der Waals surface area contributed by atoms with Gasteiger partial charge >= 0.3 is 11.9 Å². The van der Waals surface area contributed by atoms with Gasteiger partial charge < -0.3 is 9.47 Å². The van der Waals surface area contributed by atoms with E-state index < -0.39 is 11.9 Å². The average Bonchev–Trinajstić information content (AvgIpc) is 2.97. The lowest BCUT2D eigenvalue weighted by Crippen LogP contribution is -2.11. The molecular weight excluding hydrogens is 472 g/mol. The van der Waals surface area contributed by atoms with E-state index in [1.54, 1.807) is 36.4 Å². The lowest BCUT2D eigenvalue weighted by atomic mass is 10.0. The molecule has 0 aliphatic rings. The van der Waals surface area contributed by atoms with E-state index in [-0.39, 0.29) is 6.10 Å². The average molecular weight is 507 g/mol. The summed E-state index contributed by atoms with van der Waals surface area (Å²) in [6.45, 7) is 4.19. The highest BCUT2D eigenvalue weighted by Crippen LogP contribution is 2.24. The number of hydrogen-bond acceptors (Lipinski definition) is 4. The third-order valence-corrected chi connectivity index (χ3v) is 6.57. The predicted molar refractivity (Wildman–Crippen MR) is 151 cm³/mol. The molecule has 0 N–H and O–H groups in total. The first-order valence-corrected chi connectivity index (χ1v) is 13.3. The van der Waals surface area contributed by atoms with E-state index in [2.05, 4.69) is 31.2 Å². The van der Waals surface area contributed by atoms with Crippen molar-refractivity contribution in [2.24, 2.45) is 0 Å². The highest BCUT2D eigenvalue weighted by molar-refractivity contribution is 5.92. The summed E-state index contributed by atoms with van der Waals surface area (Å²) in [5, 5.41) is 0. The van der Waals surface area contributed by atoms with Gasteiger partial charge in [-0.1, -0.05) is 93.4 Å². The third kappa shape index (κ3) is 7.19. The summed E-state index contributed by atoms with van der Waals surface area (Å²) in [6, 6.07) is 32.1. The summed E-state index contributed by atoms with van der Waals surface area (Å²) < 4.78 is 11.2. The van der Waals surface area contributed by atoms with Crippen LogP contribution in [0.2, 0.25) is 0 Å². The molecule has 4 heteroatoms. The number of carbonyl (C=O) groups is 2. The molecule has 4 aromatic carbocycles. The van der Waals surface area contributed by atoms with Crippen molar-refractivity contribution in [1.29, 1.82) is 0 Å². The third-order valence-electron chi connectivity index (χ3n) is 6.57. The smallest absolute Gasteiger partial charge is 0.343 e. The number of aryl methyl sites for hydroxylation is 1. The van der Waals surface area contributed by atoms with E-state index in [4.69, 9.17) is 9.47 Å². The van der Waals surface area contributed by atoms with Crippen molar-refractivity contribution < 1.29 is 19.1 Å². The van der Waals surface area contributed by atoms with E-state index in [9.17, 15) is 9.59 Å². The summed E-state index contributed by atoms with van der Waals surface area (Å²) in [7, 11) is 0. The molecule has 0 saturated carbocycles. The van der Waals surface area contributed by atoms with Crippen molar-refractivity contribution in [3.05, 3.63) is 125 Å². The van der Waals surface area contributed by atoms with Crippen LogP contribution in [0.15, 0.2) is 103 Å². The Hall–Kier alpha value is -4.18. The molecule has 38 heavy (non-hydrogen) atoms. The fourth-order valence-electron chi connectivity index (χ4n) is 4.32. The SMILES string of the molecule is CCCCCc1ccc(-c2ccc(C(=O)Oc3ccc(C(=O)OC(CC)c4ccccc4)cc3)cc2)cc1. The van der Waals surface area contributed by atoms with E-state index in [0.717, 1.165) is 23.1 Å². The first-order valence-electron chi connectivity index (χ1n) is 13.3. The number of ether oxygens (including phenoxy) is 2. The van der Waals surface area contributed by atoms with Crippen LogP contribution >= 0.6 is 0 Å². The number of hydrogen-bond donors (Lipinski definition) is 0. The molecule has 4 aromatic rings. The lowest BCUT2D eigenvalue weighted by Gasteiger charge is -2.16. The Morgan fingerprint density at radius 1 is 0.658 bits per heavy atom. The molecule has 0 radical (unpaired) electrons. The summed E-state index contributed by atoms with van der Waals surface area (Å²) >= 11 is 0. The zero-order valence-electron chi connectivity index (χ0n) is 22.1. The molecular formula is C34H34O4. The molecule has 0 spiro atoms. The van der Waals surface area contributed by atoms with Gasteiger partial charge in [0.25, 0.3) is 0 Å². The number of carbonyl (C=O) groups excluding carboxylic acids is 2. The maximum atomic E-state index is 12.7. The second kappa shape index (κ2) is 13.4. The van der Waals surface area contributed by atoms with Gasteiger partial charge in [0, 0.05) is 0 Å². The van der Waals surface area contributed by atoms with Crippen LogP contribution in [0.3, 0.4) is 0 Å². The van der Waals surface area contributed by atoms with E-state index in [0.29, 0.717) is 23.3 Å². The van der Waals surface area contributed by atoms with Crippen LogP contribution in [-0.4, -0.2) is 11.9 Å². The van der Waals surface area contributed by atoms with Crippen molar-refractivity contribution >= 4 is 11.9 Å². The zero-order chi connectivity index (χ0) is 26.7. The first-order chi connectivity index (χ1) is 18.6. The van der Waals surface area contributed by atoms with Crippen LogP contribution in [0, 0.1) is 0 Å². The van der Waals surface area contributed by atoms with Gasteiger partial charge in [-0.2, -0.15) is 0 Å². The first kappa shape index (κ1) is 26.9. The molecule has 1 unspecified atom stereocenters. The normalized spacial score (nSPS) is 11.5. The molecule has 0 aromatic heterocycles. The van der Waals surface area contributed by atoms with Crippen molar-refractivity contribution in [2.75, 3.05) is 0 Å². The number of unbranched alkanes of at least 4 members (excludes halogenated alkanes) is 2. The lowest BCUT2D eigenvalue weighted by molar-refractivity contribution is 0.0288.